The number of nitriles is 1. The quantitative estimate of drug-likeness (QED) is 0.912. The third-order valence-electron chi connectivity index (χ3n) is 2.72. The predicted molar refractivity (Wildman–Crippen MR) is 71.4 cm³/mol. The Kier molecular flexibility index (Phi) is 3.99. The maximum atomic E-state index is 13.0. The second-order valence-electron chi connectivity index (χ2n) is 4.01. The molecule has 0 aliphatic heterocycles. The maximum absolute atomic E-state index is 13.0. The highest BCUT2D eigenvalue weighted by Gasteiger charge is 2.03. The van der Waals surface area contributed by atoms with Crippen LogP contribution in [-0.2, 0) is 6.54 Å². The number of benzene rings is 2. The molecule has 0 aliphatic carbocycles. The second-order valence-corrected chi connectivity index (χ2v) is 4.01. The van der Waals surface area contributed by atoms with Crippen LogP contribution in [0.5, 0.6) is 5.75 Å². The summed E-state index contributed by atoms with van der Waals surface area (Å²) in [7, 11) is 1.61. The average molecular weight is 256 g/mol. The van der Waals surface area contributed by atoms with Crippen LogP contribution in [0.2, 0.25) is 0 Å². The van der Waals surface area contributed by atoms with Gasteiger partial charge in [0.1, 0.15) is 17.6 Å². The zero-order chi connectivity index (χ0) is 13.7. The van der Waals surface area contributed by atoms with Crippen molar-refractivity contribution in [1.82, 2.24) is 0 Å². The molecule has 0 radical (unpaired) electrons. The van der Waals surface area contributed by atoms with Gasteiger partial charge in [0, 0.05) is 6.54 Å². The van der Waals surface area contributed by atoms with Gasteiger partial charge in [0.2, 0.25) is 0 Å². The van der Waals surface area contributed by atoms with Crippen LogP contribution in [0.3, 0.4) is 0 Å². The number of ether oxygens (including phenoxy) is 1. The first-order valence-electron chi connectivity index (χ1n) is 5.79. The first-order valence-corrected chi connectivity index (χ1v) is 5.79. The van der Waals surface area contributed by atoms with Gasteiger partial charge in [0.15, 0.2) is 0 Å². The molecule has 0 atom stereocenters. The van der Waals surface area contributed by atoms with Crippen molar-refractivity contribution in [1.29, 1.82) is 5.26 Å². The number of hydrogen-bond donors (Lipinski definition) is 1. The molecule has 0 amide bonds. The third kappa shape index (κ3) is 3.23. The molecule has 1 N–H and O–H groups in total. The van der Waals surface area contributed by atoms with Crippen LogP contribution >= 0.6 is 0 Å². The maximum Gasteiger partial charge on any atom is 0.124 e. The number of rotatable bonds is 4. The molecule has 4 heteroatoms. The molecule has 0 aromatic heterocycles. The zero-order valence-corrected chi connectivity index (χ0v) is 10.5. The minimum Gasteiger partial charge on any atom is -0.497 e. The van der Waals surface area contributed by atoms with Crippen LogP contribution in [0, 0.1) is 17.1 Å². The van der Waals surface area contributed by atoms with Crippen molar-refractivity contribution in [3.05, 3.63) is 59.4 Å². The van der Waals surface area contributed by atoms with E-state index in [0.717, 1.165) is 11.3 Å². The van der Waals surface area contributed by atoms with Gasteiger partial charge in [-0.1, -0.05) is 12.1 Å². The van der Waals surface area contributed by atoms with Crippen LogP contribution in [0.1, 0.15) is 11.1 Å². The number of anilines is 1. The van der Waals surface area contributed by atoms with E-state index in [1.165, 1.54) is 12.1 Å². The van der Waals surface area contributed by atoms with E-state index in [2.05, 4.69) is 5.32 Å². The molecule has 0 unspecified atom stereocenters. The van der Waals surface area contributed by atoms with Crippen LogP contribution in [0.15, 0.2) is 42.5 Å². The molecule has 0 bridgehead atoms. The van der Waals surface area contributed by atoms with Crippen LogP contribution in [0.25, 0.3) is 0 Å². The topological polar surface area (TPSA) is 45.0 Å². The molecule has 19 heavy (non-hydrogen) atoms. The SMILES string of the molecule is COc1cccc(CNc2ccc(F)cc2C#N)c1. The fourth-order valence-electron chi connectivity index (χ4n) is 1.74. The Bertz CT molecular complexity index is 620. The Morgan fingerprint density at radius 3 is 2.84 bits per heavy atom. The van der Waals surface area contributed by atoms with Gasteiger partial charge in [-0.25, -0.2) is 4.39 Å². The van der Waals surface area contributed by atoms with Crippen LogP contribution in [0.4, 0.5) is 10.1 Å². The summed E-state index contributed by atoms with van der Waals surface area (Å²) in [4.78, 5) is 0. The highest BCUT2D eigenvalue weighted by Crippen LogP contribution is 2.18. The summed E-state index contributed by atoms with van der Waals surface area (Å²) in [5, 5.41) is 12.1. The third-order valence-corrected chi connectivity index (χ3v) is 2.72. The summed E-state index contributed by atoms with van der Waals surface area (Å²) < 4.78 is 18.1. The van der Waals surface area contributed by atoms with E-state index in [4.69, 9.17) is 10.00 Å². The molecule has 0 spiro atoms. The summed E-state index contributed by atoms with van der Waals surface area (Å²) in [6, 6.07) is 13.7. The first-order chi connectivity index (χ1) is 9.22. The standard InChI is InChI=1S/C15H13FN2O/c1-19-14-4-2-3-11(7-14)10-18-15-6-5-13(16)8-12(15)9-17/h2-8,18H,10H2,1H3. The summed E-state index contributed by atoms with van der Waals surface area (Å²) >= 11 is 0. The molecule has 0 saturated carbocycles. The van der Waals surface area contributed by atoms with Crippen molar-refractivity contribution in [2.45, 2.75) is 6.54 Å². The van der Waals surface area contributed by atoms with E-state index < -0.39 is 5.82 Å². The predicted octanol–water partition coefficient (Wildman–Crippen LogP) is 3.32. The normalized spacial score (nSPS) is 9.74. The van der Waals surface area contributed by atoms with Crippen LogP contribution < -0.4 is 10.1 Å². The molecule has 3 nitrogen and oxygen atoms in total. The van der Waals surface area contributed by atoms with E-state index in [0.29, 0.717) is 17.8 Å². The van der Waals surface area contributed by atoms with Crippen molar-refractivity contribution in [2.75, 3.05) is 12.4 Å². The molecule has 2 aromatic carbocycles. The second kappa shape index (κ2) is 5.87. The fraction of sp³-hybridized carbons (Fsp3) is 0.133. The monoisotopic (exact) mass is 256 g/mol. The van der Waals surface area contributed by atoms with Gasteiger partial charge >= 0.3 is 0 Å². The lowest BCUT2D eigenvalue weighted by Crippen LogP contribution is -2.01. The molecular weight excluding hydrogens is 243 g/mol. The Hall–Kier alpha value is -2.54. The van der Waals surface area contributed by atoms with Crippen molar-refractivity contribution in [3.63, 3.8) is 0 Å². The number of nitrogens with zero attached hydrogens (tertiary/aromatic N) is 1. The summed E-state index contributed by atoms with van der Waals surface area (Å²) in [5.74, 6) is 0.363. The lowest BCUT2D eigenvalue weighted by atomic mass is 10.1. The lowest BCUT2D eigenvalue weighted by molar-refractivity contribution is 0.414. The number of nitrogens with one attached hydrogen (secondary N) is 1. The summed E-state index contributed by atoms with van der Waals surface area (Å²) in [5.41, 5.74) is 1.93. The van der Waals surface area contributed by atoms with Crippen molar-refractivity contribution < 1.29 is 9.13 Å². The number of halogens is 1. The van der Waals surface area contributed by atoms with E-state index in [1.807, 2.05) is 30.3 Å². The Balaban J connectivity index is 2.12. The molecule has 96 valence electrons. The van der Waals surface area contributed by atoms with E-state index in [-0.39, 0.29) is 0 Å². The zero-order valence-electron chi connectivity index (χ0n) is 10.5. The summed E-state index contributed by atoms with van der Waals surface area (Å²) in [6.45, 7) is 0.539. The summed E-state index contributed by atoms with van der Waals surface area (Å²) in [6.07, 6.45) is 0. The minimum atomic E-state index is -0.413. The molecule has 2 aromatic rings. The Labute approximate surface area is 111 Å². The average Bonchev–Trinajstić information content (AvgIpc) is 2.46. The highest BCUT2D eigenvalue weighted by atomic mass is 19.1. The molecule has 0 saturated heterocycles. The van der Waals surface area contributed by atoms with Gasteiger partial charge in [-0.3, -0.25) is 0 Å². The van der Waals surface area contributed by atoms with E-state index in [9.17, 15) is 4.39 Å². The largest absolute Gasteiger partial charge is 0.497 e. The molecule has 0 fully saturated rings. The molecule has 0 aliphatic rings. The van der Waals surface area contributed by atoms with Crippen molar-refractivity contribution in [2.24, 2.45) is 0 Å². The van der Waals surface area contributed by atoms with E-state index in [1.54, 1.807) is 13.2 Å². The highest BCUT2D eigenvalue weighted by molar-refractivity contribution is 5.57. The molecule has 2 rings (SSSR count). The minimum absolute atomic E-state index is 0.294. The van der Waals surface area contributed by atoms with Gasteiger partial charge in [-0.05, 0) is 35.9 Å². The number of methoxy groups -OCH3 is 1. The van der Waals surface area contributed by atoms with Crippen LogP contribution in [-0.4, -0.2) is 7.11 Å². The van der Waals surface area contributed by atoms with Crippen molar-refractivity contribution >= 4 is 5.69 Å². The van der Waals surface area contributed by atoms with Crippen molar-refractivity contribution in [3.8, 4) is 11.8 Å². The van der Waals surface area contributed by atoms with Gasteiger partial charge in [0.25, 0.3) is 0 Å². The van der Waals surface area contributed by atoms with Gasteiger partial charge in [-0.15, -0.1) is 0 Å². The fourth-order valence-corrected chi connectivity index (χ4v) is 1.74. The first kappa shape index (κ1) is 12.9. The van der Waals surface area contributed by atoms with E-state index >= 15 is 0 Å². The Morgan fingerprint density at radius 2 is 2.11 bits per heavy atom. The molecule has 0 heterocycles. The van der Waals surface area contributed by atoms with Gasteiger partial charge < -0.3 is 10.1 Å². The number of hydrogen-bond acceptors (Lipinski definition) is 3. The Morgan fingerprint density at radius 1 is 1.26 bits per heavy atom. The van der Waals surface area contributed by atoms with Gasteiger partial charge in [0.05, 0.1) is 18.4 Å². The van der Waals surface area contributed by atoms with Gasteiger partial charge in [-0.2, -0.15) is 5.26 Å². The molecular formula is C15H13FN2O. The lowest BCUT2D eigenvalue weighted by Gasteiger charge is -2.09. The smallest absolute Gasteiger partial charge is 0.124 e.